The second-order valence-corrected chi connectivity index (χ2v) is 8.62. The molecule has 1 amide bonds. The van der Waals surface area contributed by atoms with Gasteiger partial charge in [0.25, 0.3) is 0 Å². The minimum Gasteiger partial charge on any atom is -0.341 e. The van der Waals surface area contributed by atoms with Crippen molar-refractivity contribution < 1.29 is 4.79 Å². The molecule has 1 aromatic carbocycles. The molecule has 0 saturated carbocycles. The third-order valence-corrected chi connectivity index (χ3v) is 5.69. The molecule has 1 aliphatic heterocycles. The van der Waals surface area contributed by atoms with Crippen LogP contribution < -0.4 is 0 Å². The molecule has 2 aromatic rings. The zero-order chi connectivity index (χ0) is 17.8. The van der Waals surface area contributed by atoms with Gasteiger partial charge in [-0.3, -0.25) is 4.79 Å². The van der Waals surface area contributed by atoms with Crippen molar-refractivity contribution in [2.45, 2.75) is 25.4 Å². The van der Waals surface area contributed by atoms with Crippen molar-refractivity contribution in [1.82, 2.24) is 14.9 Å². The molecular weight excluding hydrogens is 398 g/mol. The summed E-state index contributed by atoms with van der Waals surface area (Å²) in [6, 6.07) is 9.91. The van der Waals surface area contributed by atoms with E-state index in [1.165, 1.54) is 18.2 Å². The van der Waals surface area contributed by atoms with Crippen molar-refractivity contribution in [1.29, 1.82) is 0 Å². The fourth-order valence-electron chi connectivity index (χ4n) is 3.28. The Labute approximate surface area is 161 Å². The van der Waals surface area contributed by atoms with E-state index in [1.807, 2.05) is 35.2 Å². The van der Waals surface area contributed by atoms with Crippen molar-refractivity contribution >= 4 is 33.6 Å². The molecule has 0 spiro atoms. The van der Waals surface area contributed by atoms with E-state index in [1.54, 1.807) is 6.20 Å². The number of benzene rings is 1. The van der Waals surface area contributed by atoms with Gasteiger partial charge in [-0.2, -0.15) is 0 Å². The van der Waals surface area contributed by atoms with Gasteiger partial charge in [0.05, 0.1) is 11.4 Å². The molecule has 1 aliphatic rings. The number of hydrogen-bond acceptors (Lipinski definition) is 4. The van der Waals surface area contributed by atoms with Crippen LogP contribution in [0.2, 0.25) is 0 Å². The SMILES string of the molecule is CC1CC(C)CN(C(=O)CSc2nccc(-c3ccc(Br)cc3)n2)C1. The Kier molecular flexibility index (Phi) is 6.12. The van der Waals surface area contributed by atoms with E-state index in [-0.39, 0.29) is 5.91 Å². The number of hydrogen-bond donors (Lipinski definition) is 0. The lowest BCUT2D eigenvalue weighted by Crippen LogP contribution is -2.43. The predicted octanol–water partition coefficient (Wildman–Crippen LogP) is 4.50. The highest BCUT2D eigenvalue weighted by Gasteiger charge is 2.25. The van der Waals surface area contributed by atoms with E-state index in [0.29, 0.717) is 22.7 Å². The largest absolute Gasteiger partial charge is 0.341 e. The van der Waals surface area contributed by atoms with Crippen LogP contribution in [0.5, 0.6) is 0 Å². The predicted molar refractivity (Wildman–Crippen MR) is 105 cm³/mol. The van der Waals surface area contributed by atoms with Gasteiger partial charge < -0.3 is 4.90 Å². The molecule has 2 unspecified atom stereocenters. The van der Waals surface area contributed by atoms with E-state index in [2.05, 4.69) is 39.7 Å². The summed E-state index contributed by atoms with van der Waals surface area (Å²) in [6.07, 6.45) is 2.96. The quantitative estimate of drug-likeness (QED) is 0.540. The van der Waals surface area contributed by atoms with E-state index in [0.717, 1.165) is 28.8 Å². The molecule has 25 heavy (non-hydrogen) atoms. The summed E-state index contributed by atoms with van der Waals surface area (Å²) >= 11 is 4.85. The minimum absolute atomic E-state index is 0.182. The molecule has 6 heteroatoms. The Hall–Kier alpha value is -1.40. The highest BCUT2D eigenvalue weighted by atomic mass is 79.9. The van der Waals surface area contributed by atoms with Crippen LogP contribution in [-0.2, 0) is 4.79 Å². The normalized spacial score (nSPS) is 20.5. The number of carbonyl (C=O) groups is 1. The maximum Gasteiger partial charge on any atom is 0.233 e. The summed E-state index contributed by atoms with van der Waals surface area (Å²) in [5.74, 6) is 1.73. The first-order chi connectivity index (χ1) is 12.0. The lowest BCUT2D eigenvalue weighted by atomic mass is 9.92. The van der Waals surface area contributed by atoms with Crippen LogP contribution in [-0.4, -0.2) is 39.6 Å². The Morgan fingerprint density at radius 2 is 1.88 bits per heavy atom. The second kappa shape index (κ2) is 8.32. The number of rotatable bonds is 4. The van der Waals surface area contributed by atoms with E-state index in [9.17, 15) is 4.79 Å². The van der Waals surface area contributed by atoms with Gasteiger partial charge in [-0.05, 0) is 36.5 Å². The minimum atomic E-state index is 0.182. The molecular formula is C19H22BrN3OS. The van der Waals surface area contributed by atoms with Crippen LogP contribution in [0, 0.1) is 11.8 Å². The van der Waals surface area contributed by atoms with Crippen LogP contribution in [0.15, 0.2) is 46.2 Å². The third-order valence-electron chi connectivity index (χ3n) is 4.32. The molecule has 2 heterocycles. The van der Waals surface area contributed by atoms with Crippen molar-refractivity contribution in [3.8, 4) is 11.3 Å². The summed E-state index contributed by atoms with van der Waals surface area (Å²) in [5.41, 5.74) is 1.91. The molecule has 0 bridgehead atoms. The van der Waals surface area contributed by atoms with Gasteiger partial charge in [0.2, 0.25) is 5.91 Å². The molecule has 0 radical (unpaired) electrons. The Bertz CT molecular complexity index is 728. The Morgan fingerprint density at radius 1 is 1.20 bits per heavy atom. The summed E-state index contributed by atoms with van der Waals surface area (Å²) in [4.78, 5) is 23.4. The first-order valence-corrected chi connectivity index (χ1v) is 10.3. The number of piperidine rings is 1. The summed E-state index contributed by atoms with van der Waals surface area (Å²) in [7, 11) is 0. The van der Waals surface area contributed by atoms with E-state index in [4.69, 9.17) is 0 Å². The highest BCUT2D eigenvalue weighted by molar-refractivity contribution is 9.10. The topological polar surface area (TPSA) is 46.1 Å². The molecule has 0 aliphatic carbocycles. The van der Waals surface area contributed by atoms with Crippen LogP contribution in [0.1, 0.15) is 20.3 Å². The lowest BCUT2D eigenvalue weighted by molar-refractivity contribution is -0.130. The maximum atomic E-state index is 12.5. The number of amides is 1. The van der Waals surface area contributed by atoms with Gasteiger partial charge in [0.15, 0.2) is 5.16 Å². The monoisotopic (exact) mass is 419 g/mol. The van der Waals surface area contributed by atoms with Gasteiger partial charge in [0.1, 0.15) is 0 Å². The van der Waals surface area contributed by atoms with Gasteiger partial charge in [-0.15, -0.1) is 0 Å². The van der Waals surface area contributed by atoms with E-state index < -0.39 is 0 Å². The molecule has 1 saturated heterocycles. The van der Waals surface area contributed by atoms with Gasteiger partial charge in [-0.1, -0.05) is 53.7 Å². The van der Waals surface area contributed by atoms with Crippen molar-refractivity contribution in [2.75, 3.05) is 18.8 Å². The fourth-order valence-corrected chi connectivity index (χ4v) is 4.27. The standard InChI is InChI=1S/C19H22BrN3OS/c1-13-9-14(2)11-23(10-13)18(24)12-25-19-21-8-7-17(22-19)15-3-5-16(20)6-4-15/h3-8,13-14H,9-12H2,1-2H3. The molecule has 1 aromatic heterocycles. The molecule has 4 nitrogen and oxygen atoms in total. The van der Waals surface area contributed by atoms with Crippen LogP contribution in [0.25, 0.3) is 11.3 Å². The number of thioether (sulfide) groups is 1. The van der Waals surface area contributed by atoms with Gasteiger partial charge >= 0.3 is 0 Å². The average Bonchev–Trinajstić information content (AvgIpc) is 2.60. The molecule has 1 fully saturated rings. The van der Waals surface area contributed by atoms with E-state index >= 15 is 0 Å². The van der Waals surface area contributed by atoms with Crippen molar-refractivity contribution in [2.24, 2.45) is 11.8 Å². The average molecular weight is 420 g/mol. The van der Waals surface area contributed by atoms with Gasteiger partial charge in [-0.25, -0.2) is 9.97 Å². The summed E-state index contributed by atoms with van der Waals surface area (Å²) < 4.78 is 1.04. The fraction of sp³-hybridized carbons (Fsp3) is 0.421. The molecule has 2 atom stereocenters. The van der Waals surface area contributed by atoms with Crippen LogP contribution in [0.3, 0.4) is 0 Å². The first-order valence-electron chi connectivity index (χ1n) is 8.51. The van der Waals surface area contributed by atoms with Gasteiger partial charge in [0, 0.05) is 29.3 Å². The lowest BCUT2D eigenvalue weighted by Gasteiger charge is -2.34. The molecule has 3 rings (SSSR count). The second-order valence-electron chi connectivity index (χ2n) is 6.76. The zero-order valence-corrected chi connectivity index (χ0v) is 16.9. The number of carbonyl (C=O) groups excluding carboxylic acids is 1. The first kappa shape index (κ1) is 18.4. The maximum absolute atomic E-state index is 12.5. The third kappa shape index (κ3) is 5.05. The number of halogens is 1. The zero-order valence-electron chi connectivity index (χ0n) is 14.5. The molecule has 132 valence electrons. The van der Waals surface area contributed by atoms with Crippen molar-refractivity contribution in [3.05, 3.63) is 41.0 Å². The number of aromatic nitrogens is 2. The number of nitrogens with zero attached hydrogens (tertiary/aromatic N) is 3. The summed E-state index contributed by atoms with van der Waals surface area (Å²) in [6.45, 7) is 6.16. The highest BCUT2D eigenvalue weighted by Crippen LogP contribution is 2.24. The Balaban J connectivity index is 1.62. The smallest absolute Gasteiger partial charge is 0.233 e. The summed E-state index contributed by atoms with van der Waals surface area (Å²) in [5, 5.41) is 0.645. The van der Waals surface area contributed by atoms with Crippen molar-refractivity contribution in [3.63, 3.8) is 0 Å². The van der Waals surface area contributed by atoms with Crippen LogP contribution >= 0.6 is 27.7 Å². The number of likely N-dealkylation sites (tertiary alicyclic amines) is 1. The van der Waals surface area contributed by atoms with Crippen LogP contribution in [0.4, 0.5) is 0 Å². The Morgan fingerprint density at radius 3 is 2.56 bits per heavy atom. The molecule has 0 N–H and O–H groups in total.